The van der Waals surface area contributed by atoms with Crippen LogP contribution in [0.5, 0.6) is 0 Å². The average Bonchev–Trinajstić information content (AvgIpc) is 3.39. The van der Waals surface area contributed by atoms with Crippen molar-refractivity contribution >= 4 is 33.9 Å². The largest absolute Gasteiger partial charge is 0.376 e. The van der Waals surface area contributed by atoms with Crippen LogP contribution in [0, 0.1) is 5.92 Å². The number of nitrogens with zero attached hydrogens (tertiary/aromatic N) is 6. The van der Waals surface area contributed by atoms with E-state index in [4.69, 9.17) is 0 Å². The number of nitrogens with one attached hydrogen (secondary N) is 4. The number of rotatable bonds is 6. The molecule has 0 aliphatic carbocycles. The fourth-order valence-corrected chi connectivity index (χ4v) is 4.17. The van der Waals surface area contributed by atoms with E-state index in [-0.39, 0.29) is 17.5 Å². The van der Waals surface area contributed by atoms with Gasteiger partial charge in [0.1, 0.15) is 11.7 Å². The second kappa shape index (κ2) is 8.32. The smallest absolute Gasteiger partial charge is 0.257 e. The number of H-pyrrole nitrogens is 1. The number of aromatic amines is 1. The Bertz CT molecular complexity index is 1390. The number of aromatic nitrogens is 6. The maximum atomic E-state index is 13.4. The van der Waals surface area contributed by atoms with Gasteiger partial charge in [0.2, 0.25) is 0 Å². The minimum atomic E-state index is -0.498. The fraction of sp³-hybridized carbons (Fsp3) is 0.348. The molecule has 11 heteroatoms. The van der Waals surface area contributed by atoms with Gasteiger partial charge in [-0.25, -0.2) is 15.0 Å². The highest BCUT2D eigenvalue weighted by Gasteiger charge is 2.31. The molecule has 5 heterocycles. The van der Waals surface area contributed by atoms with Gasteiger partial charge in [-0.05, 0) is 18.1 Å². The van der Waals surface area contributed by atoms with Gasteiger partial charge in [0.15, 0.2) is 11.6 Å². The molecule has 4 aromatic heterocycles. The topological polar surface area (TPSA) is 129 Å². The van der Waals surface area contributed by atoms with Crippen LogP contribution in [-0.4, -0.2) is 43.8 Å². The lowest BCUT2D eigenvalue weighted by Gasteiger charge is -2.25. The zero-order valence-corrected chi connectivity index (χ0v) is 19.8. The second-order valence-electron chi connectivity index (χ2n) is 8.99. The number of fused-ring (bicyclic) bond motifs is 2. The minimum Gasteiger partial charge on any atom is -0.376 e. The maximum absolute atomic E-state index is 13.4. The quantitative estimate of drug-likeness (QED) is 0.343. The molecule has 0 bridgehead atoms. The standard InChI is InChI=1S/C23H28N10O/c1-12(2)17(22-24-7-6-8-25-22)29-19-16(23(34)28-15-11-33(5)31-18(15)19)21-27-14-9-13(32(3)4)10-26-20(14)30-21/h6-12,17,21,27,29H,1-5H3,(H,26,30)(H,28,34)/t17-,21?/m0/s1. The third-order valence-electron chi connectivity index (χ3n) is 5.92. The molecule has 2 atom stereocenters. The molecule has 0 saturated carbocycles. The lowest BCUT2D eigenvalue weighted by Crippen LogP contribution is -2.28. The third kappa shape index (κ3) is 3.78. The zero-order valence-electron chi connectivity index (χ0n) is 19.8. The summed E-state index contributed by atoms with van der Waals surface area (Å²) in [4.78, 5) is 31.8. The van der Waals surface area contributed by atoms with E-state index < -0.39 is 6.17 Å². The molecular weight excluding hydrogens is 432 g/mol. The van der Waals surface area contributed by atoms with E-state index in [9.17, 15) is 4.79 Å². The van der Waals surface area contributed by atoms with E-state index in [1.54, 1.807) is 35.5 Å². The Morgan fingerprint density at radius 1 is 1.15 bits per heavy atom. The van der Waals surface area contributed by atoms with Gasteiger partial charge in [-0.15, -0.1) is 0 Å². The molecule has 0 radical (unpaired) electrons. The van der Waals surface area contributed by atoms with E-state index in [0.29, 0.717) is 33.9 Å². The molecule has 1 unspecified atom stereocenters. The highest BCUT2D eigenvalue weighted by atomic mass is 16.1. The van der Waals surface area contributed by atoms with Gasteiger partial charge in [0.25, 0.3) is 5.56 Å². The number of pyridine rings is 2. The summed E-state index contributed by atoms with van der Waals surface area (Å²) in [6.45, 7) is 4.18. The van der Waals surface area contributed by atoms with Gasteiger partial charge in [0, 0.05) is 39.7 Å². The number of hydrogen-bond acceptors (Lipinski definition) is 9. The van der Waals surface area contributed by atoms with Gasteiger partial charge < -0.3 is 25.8 Å². The molecule has 0 saturated heterocycles. The first-order chi connectivity index (χ1) is 16.3. The first-order valence-electron chi connectivity index (χ1n) is 11.1. The SMILES string of the molecule is CC(C)[C@H](Nc1c(C2Nc3cc(N(C)C)cnc3N2)c(=O)[nH]c2cn(C)nc12)c1ncccn1. The van der Waals surface area contributed by atoms with E-state index in [0.717, 1.165) is 11.4 Å². The summed E-state index contributed by atoms with van der Waals surface area (Å²) in [5.74, 6) is 1.49. The van der Waals surface area contributed by atoms with Gasteiger partial charge in [0.05, 0.1) is 40.4 Å². The molecule has 0 spiro atoms. The van der Waals surface area contributed by atoms with Crippen molar-refractivity contribution in [3.63, 3.8) is 0 Å². The van der Waals surface area contributed by atoms with Crippen LogP contribution in [-0.2, 0) is 7.05 Å². The molecule has 5 rings (SSSR count). The molecule has 11 nitrogen and oxygen atoms in total. The molecule has 4 aromatic rings. The number of anilines is 4. The summed E-state index contributed by atoms with van der Waals surface area (Å²) < 4.78 is 1.69. The molecular formula is C23H28N10O. The van der Waals surface area contributed by atoms with Crippen LogP contribution in [0.15, 0.2) is 41.7 Å². The van der Waals surface area contributed by atoms with Crippen molar-refractivity contribution in [1.82, 2.24) is 29.7 Å². The predicted molar refractivity (Wildman–Crippen MR) is 133 cm³/mol. The molecule has 0 amide bonds. The van der Waals surface area contributed by atoms with Gasteiger partial charge in [-0.3, -0.25) is 9.48 Å². The van der Waals surface area contributed by atoms with Crippen LogP contribution in [0.1, 0.15) is 37.4 Å². The Hall–Kier alpha value is -4.15. The zero-order chi connectivity index (χ0) is 24.0. The van der Waals surface area contributed by atoms with Crippen LogP contribution in [0.3, 0.4) is 0 Å². The van der Waals surface area contributed by atoms with Gasteiger partial charge >= 0.3 is 0 Å². The molecule has 176 valence electrons. The lowest BCUT2D eigenvalue weighted by molar-refractivity contribution is 0.521. The lowest BCUT2D eigenvalue weighted by atomic mass is 10.0. The second-order valence-corrected chi connectivity index (χ2v) is 8.99. The van der Waals surface area contributed by atoms with Gasteiger partial charge in [-0.2, -0.15) is 5.10 Å². The maximum Gasteiger partial charge on any atom is 0.257 e. The van der Waals surface area contributed by atoms with Crippen molar-refractivity contribution < 1.29 is 0 Å². The van der Waals surface area contributed by atoms with Crippen molar-refractivity contribution in [2.24, 2.45) is 13.0 Å². The fourth-order valence-electron chi connectivity index (χ4n) is 4.17. The Balaban J connectivity index is 1.62. The van der Waals surface area contributed by atoms with E-state index in [1.807, 2.05) is 32.1 Å². The molecule has 0 aromatic carbocycles. The van der Waals surface area contributed by atoms with Crippen LogP contribution in [0.2, 0.25) is 0 Å². The van der Waals surface area contributed by atoms with Crippen molar-refractivity contribution in [1.29, 1.82) is 0 Å². The Morgan fingerprint density at radius 2 is 1.91 bits per heavy atom. The normalized spacial score (nSPS) is 15.6. The summed E-state index contributed by atoms with van der Waals surface area (Å²) in [6, 6.07) is 3.56. The minimum absolute atomic E-state index is 0.152. The molecule has 4 N–H and O–H groups in total. The molecule has 34 heavy (non-hydrogen) atoms. The Labute approximate surface area is 196 Å². The van der Waals surface area contributed by atoms with Crippen LogP contribution in [0.4, 0.5) is 22.9 Å². The van der Waals surface area contributed by atoms with Crippen LogP contribution >= 0.6 is 0 Å². The summed E-state index contributed by atoms with van der Waals surface area (Å²) in [6.07, 6.45) is 6.54. The predicted octanol–water partition coefficient (Wildman–Crippen LogP) is 2.86. The molecule has 1 aliphatic rings. The summed E-state index contributed by atoms with van der Waals surface area (Å²) in [7, 11) is 5.75. The Kier molecular flexibility index (Phi) is 5.31. The first kappa shape index (κ1) is 21.7. The number of hydrogen-bond donors (Lipinski definition) is 4. The molecule has 1 aliphatic heterocycles. The average molecular weight is 461 g/mol. The van der Waals surface area contributed by atoms with E-state index >= 15 is 0 Å². The summed E-state index contributed by atoms with van der Waals surface area (Å²) >= 11 is 0. The molecule has 0 fully saturated rings. The van der Waals surface area contributed by atoms with E-state index in [2.05, 4.69) is 54.8 Å². The van der Waals surface area contributed by atoms with Crippen molar-refractivity contribution in [3.8, 4) is 0 Å². The number of aryl methyl sites for hydroxylation is 1. The van der Waals surface area contributed by atoms with Crippen LogP contribution in [0.25, 0.3) is 11.0 Å². The van der Waals surface area contributed by atoms with Crippen LogP contribution < -0.4 is 26.4 Å². The highest BCUT2D eigenvalue weighted by Crippen LogP contribution is 2.39. The van der Waals surface area contributed by atoms with E-state index in [1.165, 1.54) is 0 Å². The summed E-state index contributed by atoms with van der Waals surface area (Å²) in [5.41, 5.74) is 4.02. The summed E-state index contributed by atoms with van der Waals surface area (Å²) in [5, 5.41) is 15.0. The van der Waals surface area contributed by atoms with Gasteiger partial charge in [-0.1, -0.05) is 13.8 Å². The monoisotopic (exact) mass is 460 g/mol. The Morgan fingerprint density at radius 3 is 2.62 bits per heavy atom. The van der Waals surface area contributed by atoms with Crippen molar-refractivity contribution in [3.05, 3.63) is 58.7 Å². The highest BCUT2D eigenvalue weighted by molar-refractivity contribution is 5.90. The first-order valence-corrected chi connectivity index (χ1v) is 11.1. The third-order valence-corrected chi connectivity index (χ3v) is 5.92. The van der Waals surface area contributed by atoms with Crippen molar-refractivity contribution in [2.45, 2.75) is 26.1 Å². The van der Waals surface area contributed by atoms with Crippen molar-refractivity contribution in [2.75, 3.05) is 34.9 Å².